The Morgan fingerprint density at radius 1 is 1.41 bits per heavy atom. The van der Waals surface area contributed by atoms with Gasteiger partial charge in [-0.05, 0) is 43.5 Å². The van der Waals surface area contributed by atoms with E-state index in [2.05, 4.69) is 17.0 Å². The molecule has 0 atom stereocenters. The van der Waals surface area contributed by atoms with E-state index in [1.165, 1.54) is 18.4 Å². The topological polar surface area (TPSA) is 53.0 Å². The van der Waals surface area contributed by atoms with E-state index in [0.29, 0.717) is 6.42 Å². The first-order valence-corrected chi connectivity index (χ1v) is 6.25. The summed E-state index contributed by atoms with van der Waals surface area (Å²) in [6.07, 6.45) is 4.22. The van der Waals surface area contributed by atoms with E-state index >= 15 is 0 Å². The van der Waals surface area contributed by atoms with E-state index in [1.54, 1.807) is 0 Å². The fourth-order valence-corrected chi connectivity index (χ4v) is 2.12. The van der Waals surface area contributed by atoms with Gasteiger partial charge < -0.3 is 5.73 Å². The van der Waals surface area contributed by atoms with E-state index in [4.69, 9.17) is 11.0 Å². The number of hydrogen-bond acceptors (Lipinski definition) is 3. The molecule has 1 aromatic carbocycles. The Bertz CT molecular complexity index is 404. The molecular formula is C14H19N3. The number of nitriles is 1. The molecule has 17 heavy (non-hydrogen) atoms. The summed E-state index contributed by atoms with van der Waals surface area (Å²) in [5.74, 6) is 0. The van der Waals surface area contributed by atoms with Gasteiger partial charge in [0.25, 0.3) is 0 Å². The van der Waals surface area contributed by atoms with Gasteiger partial charge in [0.2, 0.25) is 0 Å². The van der Waals surface area contributed by atoms with Crippen LogP contribution in [0.1, 0.15) is 31.2 Å². The normalized spacial score (nSPS) is 14.8. The summed E-state index contributed by atoms with van der Waals surface area (Å²) < 4.78 is 0. The van der Waals surface area contributed by atoms with E-state index in [-0.39, 0.29) is 0 Å². The molecule has 1 fully saturated rings. The van der Waals surface area contributed by atoms with Crippen LogP contribution < -0.4 is 5.73 Å². The van der Waals surface area contributed by atoms with Gasteiger partial charge in [-0.25, -0.2) is 0 Å². The lowest BCUT2D eigenvalue weighted by atomic mass is 10.2. The summed E-state index contributed by atoms with van der Waals surface area (Å²) in [4.78, 5) is 2.48. The second-order valence-electron chi connectivity index (χ2n) is 4.71. The lowest BCUT2D eigenvalue weighted by Gasteiger charge is -2.21. The average molecular weight is 229 g/mol. The molecule has 0 aromatic heterocycles. The van der Waals surface area contributed by atoms with Gasteiger partial charge >= 0.3 is 0 Å². The fraction of sp³-hybridized carbons (Fsp3) is 0.500. The standard InChI is InChI=1S/C14H19N3/c15-8-1-2-9-17(14-6-7-14)11-12-4-3-5-13(16)10-12/h3-5,10,14H,1-2,6-7,9,11,16H2. The zero-order chi connectivity index (χ0) is 12.1. The summed E-state index contributed by atoms with van der Waals surface area (Å²) >= 11 is 0. The van der Waals surface area contributed by atoms with Gasteiger partial charge in [0, 0.05) is 24.7 Å². The van der Waals surface area contributed by atoms with Crippen LogP contribution >= 0.6 is 0 Å². The smallest absolute Gasteiger partial charge is 0.0622 e. The molecule has 0 bridgehead atoms. The first kappa shape index (κ1) is 11.9. The van der Waals surface area contributed by atoms with Crippen LogP contribution in [0.3, 0.4) is 0 Å². The fourth-order valence-electron chi connectivity index (χ4n) is 2.12. The second-order valence-corrected chi connectivity index (χ2v) is 4.71. The van der Waals surface area contributed by atoms with Gasteiger partial charge in [-0.3, -0.25) is 4.90 Å². The highest BCUT2D eigenvalue weighted by Gasteiger charge is 2.28. The molecule has 0 saturated heterocycles. The summed E-state index contributed by atoms with van der Waals surface area (Å²) in [6.45, 7) is 1.98. The van der Waals surface area contributed by atoms with Crippen LogP contribution in [0.2, 0.25) is 0 Å². The minimum absolute atomic E-state index is 0.653. The Kier molecular flexibility index (Phi) is 4.00. The highest BCUT2D eigenvalue weighted by molar-refractivity contribution is 5.40. The second kappa shape index (κ2) is 5.70. The lowest BCUT2D eigenvalue weighted by Crippen LogP contribution is -2.26. The van der Waals surface area contributed by atoms with Crippen LogP contribution in [-0.4, -0.2) is 17.5 Å². The first-order chi connectivity index (χ1) is 8.29. The number of hydrogen-bond donors (Lipinski definition) is 1. The maximum atomic E-state index is 8.57. The van der Waals surface area contributed by atoms with Crippen molar-refractivity contribution in [3.05, 3.63) is 29.8 Å². The molecule has 0 amide bonds. The van der Waals surface area contributed by atoms with Gasteiger partial charge in [-0.1, -0.05) is 12.1 Å². The van der Waals surface area contributed by atoms with Crippen molar-refractivity contribution in [2.45, 2.75) is 38.3 Å². The Labute approximate surface area is 103 Å². The van der Waals surface area contributed by atoms with E-state index in [0.717, 1.165) is 31.2 Å². The Balaban J connectivity index is 1.91. The molecule has 1 aliphatic carbocycles. The highest BCUT2D eigenvalue weighted by Crippen LogP contribution is 2.28. The molecule has 1 saturated carbocycles. The van der Waals surface area contributed by atoms with Crippen LogP contribution in [0.4, 0.5) is 5.69 Å². The SMILES string of the molecule is N#CCCCN(Cc1cccc(N)c1)C1CC1. The van der Waals surface area contributed by atoms with Crippen molar-refractivity contribution < 1.29 is 0 Å². The van der Waals surface area contributed by atoms with Gasteiger partial charge in [0.05, 0.1) is 6.07 Å². The molecule has 0 heterocycles. The van der Waals surface area contributed by atoms with E-state index < -0.39 is 0 Å². The quantitative estimate of drug-likeness (QED) is 0.602. The summed E-state index contributed by atoms with van der Waals surface area (Å²) in [5.41, 5.74) is 7.89. The maximum Gasteiger partial charge on any atom is 0.0622 e. The Morgan fingerprint density at radius 2 is 2.24 bits per heavy atom. The third-order valence-corrected chi connectivity index (χ3v) is 3.13. The number of unbranched alkanes of at least 4 members (excludes halogenated alkanes) is 1. The third kappa shape index (κ3) is 3.76. The van der Waals surface area contributed by atoms with Crippen LogP contribution in [0.15, 0.2) is 24.3 Å². The molecule has 0 radical (unpaired) electrons. The van der Waals surface area contributed by atoms with E-state index in [9.17, 15) is 0 Å². The van der Waals surface area contributed by atoms with Gasteiger partial charge in [-0.15, -0.1) is 0 Å². The minimum Gasteiger partial charge on any atom is -0.399 e. The number of nitrogens with zero attached hydrogens (tertiary/aromatic N) is 2. The molecule has 3 heteroatoms. The Hall–Kier alpha value is -1.53. The van der Waals surface area contributed by atoms with Crippen LogP contribution in [-0.2, 0) is 6.54 Å². The molecule has 1 aliphatic rings. The van der Waals surface area contributed by atoms with Crippen molar-refractivity contribution >= 4 is 5.69 Å². The van der Waals surface area contributed by atoms with Crippen molar-refractivity contribution in [1.82, 2.24) is 4.90 Å². The number of rotatable bonds is 6. The molecule has 0 spiro atoms. The molecule has 3 nitrogen and oxygen atoms in total. The predicted molar refractivity (Wildman–Crippen MR) is 69.1 cm³/mol. The molecule has 0 unspecified atom stereocenters. The molecule has 0 aliphatic heterocycles. The number of nitrogens with two attached hydrogens (primary N) is 1. The summed E-state index contributed by atoms with van der Waals surface area (Å²) in [5, 5.41) is 8.57. The largest absolute Gasteiger partial charge is 0.399 e. The van der Waals surface area contributed by atoms with Crippen molar-refractivity contribution in [3.8, 4) is 6.07 Å². The number of nitrogen functional groups attached to an aromatic ring is 1. The van der Waals surface area contributed by atoms with Crippen LogP contribution in [0.5, 0.6) is 0 Å². The Morgan fingerprint density at radius 3 is 2.88 bits per heavy atom. The lowest BCUT2D eigenvalue weighted by molar-refractivity contribution is 0.252. The molecule has 90 valence electrons. The minimum atomic E-state index is 0.653. The number of benzene rings is 1. The van der Waals surface area contributed by atoms with Gasteiger partial charge in [0.1, 0.15) is 0 Å². The van der Waals surface area contributed by atoms with Crippen molar-refractivity contribution in [3.63, 3.8) is 0 Å². The maximum absolute atomic E-state index is 8.57. The zero-order valence-corrected chi connectivity index (χ0v) is 10.1. The predicted octanol–water partition coefficient (Wildman–Crippen LogP) is 2.54. The summed E-state index contributed by atoms with van der Waals surface area (Å²) in [6, 6.07) is 11.0. The van der Waals surface area contributed by atoms with Crippen molar-refractivity contribution in [2.24, 2.45) is 0 Å². The number of anilines is 1. The van der Waals surface area contributed by atoms with Gasteiger partial charge in [-0.2, -0.15) is 5.26 Å². The molecular weight excluding hydrogens is 210 g/mol. The average Bonchev–Trinajstić information content (AvgIpc) is 3.12. The van der Waals surface area contributed by atoms with E-state index in [1.807, 2.05) is 18.2 Å². The monoisotopic (exact) mass is 229 g/mol. The third-order valence-electron chi connectivity index (χ3n) is 3.13. The van der Waals surface area contributed by atoms with Crippen LogP contribution in [0, 0.1) is 11.3 Å². The highest BCUT2D eigenvalue weighted by atomic mass is 15.2. The molecule has 2 rings (SSSR count). The van der Waals surface area contributed by atoms with Crippen molar-refractivity contribution in [2.75, 3.05) is 12.3 Å². The van der Waals surface area contributed by atoms with Crippen LogP contribution in [0.25, 0.3) is 0 Å². The molecule has 1 aromatic rings. The van der Waals surface area contributed by atoms with Gasteiger partial charge in [0.15, 0.2) is 0 Å². The first-order valence-electron chi connectivity index (χ1n) is 6.25. The summed E-state index contributed by atoms with van der Waals surface area (Å²) in [7, 11) is 0. The zero-order valence-electron chi connectivity index (χ0n) is 10.1. The molecule has 2 N–H and O–H groups in total. The van der Waals surface area contributed by atoms with Crippen molar-refractivity contribution in [1.29, 1.82) is 5.26 Å².